The molecule has 1 fully saturated rings. The molecular formula is C23H22F4N2O3S. The van der Waals surface area contributed by atoms with E-state index >= 15 is 0 Å². The van der Waals surface area contributed by atoms with Gasteiger partial charge in [0.05, 0.1) is 10.3 Å². The van der Waals surface area contributed by atoms with Crippen molar-refractivity contribution in [3.63, 3.8) is 0 Å². The SMILES string of the molecule is CC(C)c1ccc(OCC(F)(F)F)c(SNC(=O)c2cc3c(F)cc(N4CCC4)cc3o2)c1. The molecule has 0 spiro atoms. The molecule has 33 heavy (non-hydrogen) atoms. The van der Waals surface area contributed by atoms with Crippen molar-refractivity contribution >= 4 is 34.5 Å². The Kier molecular flexibility index (Phi) is 6.47. The highest BCUT2D eigenvalue weighted by Gasteiger charge is 2.29. The van der Waals surface area contributed by atoms with Gasteiger partial charge in [0.2, 0.25) is 0 Å². The second-order valence-electron chi connectivity index (χ2n) is 8.09. The largest absolute Gasteiger partial charge is 0.483 e. The van der Waals surface area contributed by atoms with Crippen molar-refractivity contribution in [2.24, 2.45) is 0 Å². The van der Waals surface area contributed by atoms with Gasteiger partial charge in [0.1, 0.15) is 17.1 Å². The maximum atomic E-state index is 14.5. The van der Waals surface area contributed by atoms with Gasteiger partial charge in [0.15, 0.2) is 12.4 Å². The predicted octanol–water partition coefficient (Wildman–Crippen LogP) is 6.28. The number of ether oxygens (including phenoxy) is 1. The van der Waals surface area contributed by atoms with E-state index in [1.807, 2.05) is 18.7 Å². The Morgan fingerprint density at radius 3 is 2.61 bits per heavy atom. The van der Waals surface area contributed by atoms with E-state index < -0.39 is 24.5 Å². The number of carbonyl (C=O) groups excluding carboxylic acids is 1. The molecule has 10 heteroatoms. The fourth-order valence-electron chi connectivity index (χ4n) is 3.35. The number of furan rings is 1. The lowest BCUT2D eigenvalue weighted by atomic mass is 10.0. The van der Waals surface area contributed by atoms with E-state index in [9.17, 15) is 22.4 Å². The number of hydrogen-bond donors (Lipinski definition) is 1. The molecule has 2 aromatic carbocycles. The molecule has 1 aromatic heterocycles. The Balaban J connectivity index is 1.52. The Bertz CT molecular complexity index is 1170. The number of benzene rings is 2. The van der Waals surface area contributed by atoms with Gasteiger partial charge in [-0.1, -0.05) is 19.9 Å². The number of nitrogens with zero attached hydrogens (tertiary/aromatic N) is 1. The third kappa shape index (κ3) is 5.38. The van der Waals surface area contributed by atoms with Gasteiger partial charge in [-0.2, -0.15) is 13.2 Å². The van der Waals surface area contributed by atoms with Gasteiger partial charge < -0.3 is 14.1 Å². The molecule has 1 aliphatic heterocycles. The van der Waals surface area contributed by atoms with Crippen LogP contribution in [0.15, 0.2) is 45.7 Å². The predicted molar refractivity (Wildman–Crippen MR) is 118 cm³/mol. The minimum absolute atomic E-state index is 0.00290. The highest BCUT2D eigenvalue weighted by Crippen LogP contribution is 2.34. The standard InChI is InChI=1S/C23H22F4N2O3S/c1-13(2)14-4-5-18(31-12-23(25,26)27)21(8-14)33-28-22(30)20-11-16-17(24)9-15(10-19(16)32-20)29-6-3-7-29/h4-5,8-11,13H,3,6-7,12H2,1-2H3,(H,28,30). The fourth-order valence-corrected chi connectivity index (χ4v) is 4.07. The van der Waals surface area contributed by atoms with Crippen LogP contribution in [-0.2, 0) is 0 Å². The lowest BCUT2D eigenvalue weighted by Crippen LogP contribution is -2.36. The summed E-state index contributed by atoms with van der Waals surface area (Å²) < 4.78 is 65.4. The van der Waals surface area contributed by atoms with E-state index in [4.69, 9.17) is 9.15 Å². The van der Waals surface area contributed by atoms with Gasteiger partial charge in [-0.25, -0.2) is 4.39 Å². The topological polar surface area (TPSA) is 54.7 Å². The second-order valence-corrected chi connectivity index (χ2v) is 8.94. The second kappa shape index (κ2) is 9.17. The number of nitrogens with one attached hydrogen (secondary N) is 1. The number of fused-ring (bicyclic) bond motifs is 1. The summed E-state index contributed by atoms with van der Waals surface area (Å²) in [6.07, 6.45) is -3.45. The molecule has 1 amide bonds. The molecule has 1 N–H and O–H groups in total. The van der Waals surface area contributed by atoms with Gasteiger partial charge in [0.25, 0.3) is 5.91 Å². The molecule has 1 saturated heterocycles. The van der Waals surface area contributed by atoms with Gasteiger partial charge in [-0.05, 0) is 48.0 Å². The third-order valence-corrected chi connectivity index (χ3v) is 6.12. The fraction of sp³-hybridized carbons (Fsp3) is 0.348. The molecule has 5 nitrogen and oxygen atoms in total. The number of hydrogen-bond acceptors (Lipinski definition) is 5. The smallest absolute Gasteiger partial charge is 0.422 e. The molecule has 0 unspecified atom stereocenters. The Labute approximate surface area is 192 Å². The van der Waals surface area contributed by atoms with Gasteiger partial charge in [-0.3, -0.25) is 9.52 Å². The molecule has 3 aromatic rings. The highest BCUT2D eigenvalue weighted by atomic mass is 32.2. The van der Waals surface area contributed by atoms with E-state index in [0.29, 0.717) is 10.6 Å². The normalized spacial score (nSPS) is 14.0. The van der Waals surface area contributed by atoms with Crippen molar-refractivity contribution in [3.05, 3.63) is 53.5 Å². The minimum Gasteiger partial charge on any atom is -0.483 e. The monoisotopic (exact) mass is 482 g/mol. The van der Waals surface area contributed by atoms with Crippen LogP contribution < -0.4 is 14.4 Å². The van der Waals surface area contributed by atoms with Crippen molar-refractivity contribution in [1.82, 2.24) is 4.72 Å². The van der Waals surface area contributed by atoms with Crippen LogP contribution in [0.1, 0.15) is 42.3 Å². The van der Waals surface area contributed by atoms with Crippen LogP contribution in [0.5, 0.6) is 5.75 Å². The summed E-state index contributed by atoms with van der Waals surface area (Å²) in [5, 5.41) is 0.186. The van der Waals surface area contributed by atoms with Crippen LogP contribution in [0, 0.1) is 5.82 Å². The highest BCUT2D eigenvalue weighted by molar-refractivity contribution is 7.98. The maximum Gasteiger partial charge on any atom is 0.422 e. The Morgan fingerprint density at radius 1 is 1.21 bits per heavy atom. The quantitative estimate of drug-likeness (QED) is 0.317. The molecule has 0 saturated carbocycles. The minimum atomic E-state index is -4.49. The summed E-state index contributed by atoms with van der Waals surface area (Å²) in [4.78, 5) is 15.0. The van der Waals surface area contributed by atoms with Crippen molar-refractivity contribution < 1.29 is 31.5 Å². The molecule has 2 heterocycles. The van der Waals surface area contributed by atoms with E-state index in [2.05, 4.69) is 4.72 Å². The molecule has 1 aliphatic rings. The average Bonchev–Trinajstić information content (AvgIpc) is 3.13. The number of halogens is 4. The summed E-state index contributed by atoms with van der Waals surface area (Å²) in [6.45, 7) is 4.11. The molecular weight excluding hydrogens is 460 g/mol. The van der Waals surface area contributed by atoms with Crippen LogP contribution in [0.4, 0.5) is 23.2 Å². The maximum absolute atomic E-state index is 14.5. The summed E-state index contributed by atoms with van der Waals surface area (Å²) in [6, 6.07) is 9.21. The van der Waals surface area contributed by atoms with E-state index in [1.165, 1.54) is 18.2 Å². The van der Waals surface area contributed by atoms with Crippen molar-refractivity contribution in [2.75, 3.05) is 24.6 Å². The summed E-state index contributed by atoms with van der Waals surface area (Å²) in [5.74, 6) is -1.11. The zero-order valence-electron chi connectivity index (χ0n) is 18.0. The average molecular weight is 482 g/mol. The molecule has 0 bridgehead atoms. The first kappa shape index (κ1) is 23.3. The van der Waals surface area contributed by atoms with Crippen molar-refractivity contribution in [3.8, 4) is 5.75 Å². The summed E-state index contributed by atoms with van der Waals surface area (Å²) >= 11 is 0.813. The van der Waals surface area contributed by atoms with Crippen molar-refractivity contribution in [2.45, 2.75) is 37.3 Å². The number of rotatable bonds is 7. The number of carbonyl (C=O) groups is 1. The third-order valence-electron chi connectivity index (χ3n) is 5.30. The van der Waals surface area contributed by atoms with Crippen LogP contribution in [-0.4, -0.2) is 31.8 Å². The first-order chi connectivity index (χ1) is 15.6. The van der Waals surface area contributed by atoms with Crippen LogP contribution in [0.3, 0.4) is 0 Å². The van der Waals surface area contributed by atoms with Crippen LogP contribution in [0.2, 0.25) is 0 Å². The molecule has 0 atom stereocenters. The van der Waals surface area contributed by atoms with E-state index in [-0.39, 0.29) is 28.4 Å². The molecule has 176 valence electrons. The van der Waals surface area contributed by atoms with Gasteiger partial charge in [-0.15, -0.1) is 0 Å². The number of anilines is 1. The summed E-state index contributed by atoms with van der Waals surface area (Å²) in [7, 11) is 0. The van der Waals surface area contributed by atoms with Crippen molar-refractivity contribution in [1.29, 1.82) is 0 Å². The lowest BCUT2D eigenvalue weighted by Gasteiger charge is -2.33. The first-order valence-electron chi connectivity index (χ1n) is 10.4. The molecule has 0 aliphatic carbocycles. The van der Waals surface area contributed by atoms with Gasteiger partial charge >= 0.3 is 6.18 Å². The van der Waals surface area contributed by atoms with Crippen LogP contribution in [0.25, 0.3) is 11.0 Å². The zero-order valence-corrected chi connectivity index (χ0v) is 18.8. The first-order valence-corrected chi connectivity index (χ1v) is 11.2. The lowest BCUT2D eigenvalue weighted by molar-refractivity contribution is -0.153. The summed E-state index contributed by atoms with van der Waals surface area (Å²) in [5.41, 5.74) is 1.82. The van der Waals surface area contributed by atoms with Crippen LogP contribution >= 0.6 is 11.9 Å². The van der Waals surface area contributed by atoms with E-state index in [0.717, 1.165) is 37.0 Å². The number of amides is 1. The van der Waals surface area contributed by atoms with E-state index in [1.54, 1.807) is 18.2 Å². The Hall–Kier alpha value is -2.88. The molecule has 4 rings (SSSR count). The molecule has 0 radical (unpaired) electrons. The Morgan fingerprint density at radius 2 is 1.97 bits per heavy atom. The van der Waals surface area contributed by atoms with Gasteiger partial charge in [0, 0.05) is 30.9 Å². The number of alkyl halides is 3. The zero-order chi connectivity index (χ0) is 23.8.